The van der Waals surface area contributed by atoms with Crippen LogP contribution in [0.5, 0.6) is 0 Å². The molecule has 1 fully saturated rings. The zero-order chi connectivity index (χ0) is 20.7. The Morgan fingerprint density at radius 1 is 1.25 bits per heavy atom. The molecule has 1 aliphatic rings. The second-order valence-electron chi connectivity index (χ2n) is 7.13. The maximum Gasteiger partial charge on any atom is 0.328 e. The molecule has 0 saturated carbocycles. The molecule has 1 aromatic rings. The molecule has 3 atom stereocenters. The smallest absolute Gasteiger partial charge is 0.328 e. The lowest BCUT2D eigenvalue weighted by Gasteiger charge is -2.42. The quantitative estimate of drug-likeness (QED) is 0.487. The van der Waals surface area contributed by atoms with E-state index in [9.17, 15) is 14.4 Å². The van der Waals surface area contributed by atoms with Crippen molar-refractivity contribution < 1.29 is 24.2 Å². The number of carbonyl (C=O) groups excluding carboxylic acids is 2. The topological polar surface area (TPSA) is 83.9 Å². The van der Waals surface area contributed by atoms with Crippen LogP contribution in [0.1, 0.15) is 64.0 Å². The molecule has 6 nitrogen and oxygen atoms in total. The van der Waals surface area contributed by atoms with Crippen molar-refractivity contribution in [3.8, 4) is 0 Å². The third kappa shape index (κ3) is 5.47. The highest BCUT2D eigenvalue weighted by Gasteiger charge is 2.42. The van der Waals surface area contributed by atoms with E-state index < -0.39 is 23.9 Å². The standard InChI is InChI=1S/C21H28ClNO5/c1-3-5-12-28-21(27)17(4-2)23-18(14-6-9-16(22)10-7-14)11-8-15(20(23)26)13-19(24)25/h6-7,9-10,15,17-18H,3-5,8,11-13H2,1-2H3,(H,24,25)/t15?,17?,18-/m0/s1. The van der Waals surface area contributed by atoms with Crippen LogP contribution in [0.25, 0.3) is 0 Å². The molecule has 7 heteroatoms. The number of piperidine rings is 1. The maximum atomic E-state index is 13.2. The van der Waals surface area contributed by atoms with Crippen molar-refractivity contribution in [2.45, 2.75) is 64.5 Å². The van der Waals surface area contributed by atoms with Gasteiger partial charge in [0, 0.05) is 10.9 Å². The Morgan fingerprint density at radius 2 is 1.93 bits per heavy atom. The van der Waals surface area contributed by atoms with Crippen LogP contribution in [0.3, 0.4) is 0 Å². The molecular weight excluding hydrogens is 382 g/mol. The minimum atomic E-state index is -1.01. The fraction of sp³-hybridized carbons (Fsp3) is 0.571. The zero-order valence-corrected chi connectivity index (χ0v) is 17.2. The van der Waals surface area contributed by atoms with Crippen molar-refractivity contribution in [2.75, 3.05) is 6.61 Å². The second-order valence-corrected chi connectivity index (χ2v) is 7.57. The summed E-state index contributed by atoms with van der Waals surface area (Å²) in [6, 6.07) is 6.16. The Labute approximate surface area is 170 Å². The molecule has 0 bridgehead atoms. The van der Waals surface area contributed by atoms with Crippen LogP contribution < -0.4 is 0 Å². The molecule has 0 spiro atoms. The van der Waals surface area contributed by atoms with Gasteiger partial charge in [0.05, 0.1) is 19.1 Å². The fourth-order valence-corrected chi connectivity index (χ4v) is 3.79. The van der Waals surface area contributed by atoms with Crippen molar-refractivity contribution >= 4 is 29.4 Å². The Hall–Kier alpha value is -2.08. The van der Waals surface area contributed by atoms with Crippen molar-refractivity contribution in [1.82, 2.24) is 4.90 Å². The number of likely N-dealkylation sites (tertiary alicyclic amines) is 1. The molecule has 1 amide bonds. The van der Waals surface area contributed by atoms with E-state index in [-0.39, 0.29) is 18.4 Å². The average Bonchev–Trinajstić information content (AvgIpc) is 2.66. The number of nitrogens with zero attached hydrogens (tertiary/aromatic N) is 1. The Kier molecular flexibility index (Phi) is 8.30. The second kappa shape index (κ2) is 10.5. The van der Waals surface area contributed by atoms with Gasteiger partial charge in [-0.25, -0.2) is 4.79 Å². The van der Waals surface area contributed by atoms with E-state index in [0.717, 1.165) is 18.4 Å². The average molecular weight is 410 g/mol. The fourth-order valence-electron chi connectivity index (χ4n) is 3.66. The first-order valence-corrected chi connectivity index (χ1v) is 10.2. The van der Waals surface area contributed by atoms with Gasteiger partial charge in [-0.2, -0.15) is 0 Å². The predicted molar refractivity (Wildman–Crippen MR) is 106 cm³/mol. The highest BCUT2D eigenvalue weighted by molar-refractivity contribution is 6.30. The molecule has 1 aliphatic heterocycles. The highest BCUT2D eigenvalue weighted by atomic mass is 35.5. The van der Waals surface area contributed by atoms with E-state index in [1.807, 2.05) is 26.0 Å². The number of benzene rings is 1. The lowest BCUT2D eigenvalue weighted by Crippen LogP contribution is -2.52. The van der Waals surface area contributed by atoms with Gasteiger partial charge in [-0.15, -0.1) is 0 Å². The first kappa shape index (κ1) is 22.2. The maximum absolute atomic E-state index is 13.2. The SMILES string of the molecule is CCCCOC(=O)C(CC)N1C(=O)C(CC(=O)O)CC[C@H]1c1ccc(Cl)cc1. The zero-order valence-electron chi connectivity index (χ0n) is 16.4. The summed E-state index contributed by atoms with van der Waals surface area (Å²) in [6.07, 6.45) is 2.89. The molecule has 0 aliphatic carbocycles. The third-order valence-electron chi connectivity index (χ3n) is 5.14. The van der Waals surface area contributed by atoms with Crippen molar-refractivity contribution in [1.29, 1.82) is 0 Å². The number of esters is 1. The summed E-state index contributed by atoms with van der Waals surface area (Å²) in [5.74, 6) is -2.37. The van der Waals surface area contributed by atoms with E-state index >= 15 is 0 Å². The summed E-state index contributed by atoms with van der Waals surface area (Å²) < 4.78 is 5.39. The van der Waals surface area contributed by atoms with Gasteiger partial charge in [0.2, 0.25) is 5.91 Å². The van der Waals surface area contributed by atoms with E-state index in [4.69, 9.17) is 21.4 Å². The number of carboxylic acid groups (broad SMARTS) is 1. The molecule has 1 N–H and O–H groups in total. The van der Waals surface area contributed by atoms with Crippen LogP contribution in [0.15, 0.2) is 24.3 Å². The number of hydrogen-bond donors (Lipinski definition) is 1. The Balaban J connectivity index is 2.32. The van der Waals surface area contributed by atoms with Gasteiger partial charge in [-0.1, -0.05) is 44.0 Å². The number of amides is 1. The minimum Gasteiger partial charge on any atom is -0.481 e. The molecule has 0 aromatic heterocycles. The van der Waals surface area contributed by atoms with E-state index in [1.54, 1.807) is 17.0 Å². The van der Waals surface area contributed by atoms with E-state index in [0.29, 0.717) is 30.9 Å². The van der Waals surface area contributed by atoms with E-state index in [2.05, 4.69) is 0 Å². The number of unbranched alkanes of at least 4 members (excludes halogenated alkanes) is 1. The molecule has 154 valence electrons. The summed E-state index contributed by atoms with van der Waals surface area (Å²) in [5.41, 5.74) is 0.881. The largest absolute Gasteiger partial charge is 0.481 e. The number of halogens is 1. The molecule has 28 heavy (non-hydrogen) atoms. The van der Waals surface area contributed by atoms with Gasteiger partial charge in [0.15, 0.2) is 0 Å². The summed E-state index contributed by atoms with van der Waals surface area (Å²) >= 11 is 5.99. The highest BCUT2D eigenvalue weighted by Crippen LogP contribution is 2.38. The lowest BCUT2D eigenvalue weighted by atomic mass is 9.85. The van der Waals surface area contributed by atoms with Gasteiger partial charge < -0.3 is 14.7 Å². The van der Waals surface area contributed by atoms with Gasteiger partial charge >= 0.3 is 11.9 Å². The summed E-state index contributed by atoms with van der Waals surface area (Å²) in [7, 11) is 0. The number of ether oxygens (including phenoxy) is 1. The Bertz CT molecular complexity index is 691. The van der Waals surface area contributed by atoms with Gasteiger partial charge in [-0.05, 0) is 43.4 Å². The predicted octanol–water partition coefficient (Wildman–Crippen LogP) is 4.22. The third-order valence-corrected chi connectivity index (χ3v) is 5.39. The molecular formula is C21H28ClNO5. The first-order valence-electron chi connectivity index (χ1n) is 9.85. The molecule has 2 rings (SSSR count). The number of carboxylic acids is 1. The molecule has 1 saturated heterocycles. The molecule has 1 heterocycles. The van der Waals surface area contributed by atoms with Crippen LogP contribution in [-0.2, 0) is 19.1 Å². The van der Waals surface area contributed by atoms with E-state index in [1.165, 1.54) is 0 Å². The summed E-state index contributed by atoms with van der Waals surface area (Å²) in [4.78, 5) is 38.6. The number of hydrogen-bond acceptors (Lipinski definition) is 4. The Morgan fingerprint density at radius 3 is 2.50 bits per heavy atom. The molecule has 0 radical (unpaired) electrons. The van der Waals surface area contributed by atoms with Crippen molar-refractivity contribution in [3.05, 3.63) is 34.9 Å². The van der Waals surface area contributed by atoms with Crippen LogP contribution >= 0.6 is 11.6 Å². The van der Waals surface area contributed by atoms with Crippen LogP contribution in [-0.4, -0.2) is 40.5 Å². The normalized spacial score (nSPS) is 20.7. The van der Waals surface area contributed by atoms with Crippen molar-refractivity contribution in [3.63, 3.8) is 0 Å². The molecule has 2 unspecified atom stereocenters. The van der Waals surface area contributed by atoms with Gasteiger partial charge in [0.1, 0.15) is 6.04 Å². The summed E-state index contributed by atoms with van der Waals surface area (Å²) in [5, 5.41) is 9.74. The summed E-state index contributed by atoms with van der Waals surface area (Å²) in [6.45, 7) is 4.16. The van der Waals surface area contributed by atoms with Crippen LogP contribution in [0.2, 0.25) is 5.02 Å². The monoisotopic (exact) mass is 409 g/mol. The number of aliphatic carboxylic acids is 1. The molecule has 1 aromatic carbocycles. The number of carbonyl (C=O) groups is 3. The lowest BCUT2D eigenvalue weighted by molar-refractivity contribution is -0.163. The van der Waals surface area contributed by atoms with Crippen molar-refractivity contribution in [2.24, 2.45) is 5.92 Å². The number of rotatable bonds is 9. The van der Waals surface area contributed by atoms with Gasteiger partial charge in [0.25, 0.3) is 0 Å². The van der Waals surface area contributed by atoms with Crippen LogP contribution in [0.4, 0.5) is 0 Å². The first-order chi connectivity index (χ1) is 13.4. The van der Waals surface area contributed by atoms with Crippen LogP contribution in [0, 0.1) is 5.92 Å². The van der Waals surface area contributed by atoms with Gasteiger partial charge in [-0.3, -0.25) is 9.59 Å². The minimum absolute atomic E-state index is 0.232.